The first-order valence-corrected chi connectivity index (χ1v) is 6.78. The molecule has 104 valence electrons. The second-order valence-electron chi connectivity index (χ2n) is 5.01. The van der Waals surface area contributed by atoms with Crippen LogP contribution in [-0.4, -0.2) is 9.97 Å². The second-order valence-corrected chi connectivity index (χ2v) is 5.01. The summed E-state index contributed by atoms with van der Waals surface area (Å²) in [5, 5.41) is 18.2. The van der Waals surface area contributed by atoms with E-state index in [1.807, 2.05) is 37.3 Å². The first kappa shape index (κ1) is 13.6. The summed E-state index contributed by atoms with van der Waals surface area (Å²) < 4.78 is 0. The molecule has 1 heterocycles. The number of aryl methyl sites for hydroxylation is 1. The maximum absolute atomic E-state index is 9.39. The molecule has 3 rings (SSSR count). The van der Waals surface area contributed by atoms with E-state index in [1.165, 1.54) is 0 Å². The molecule has 2 aromatic carbocycles. The maximum Gasteiger partial charge on any atom is 0.149 e. The Morgan fingerprint density at radius 2 is 1.91 bits per heavy atom. The van der Waals surface area contributed by atoms with Gasteiger partial charge in [0.2, 0.25) is 0 Å². The van der Waals surface area contributed by atoms with Gasteiger partial charge in [0, 0.05) is 0 Å². The molecule has 0 aliphatic heterocycles. The van der Waals surface area contributed by atoms with Gasteiger partial charge in [0.1, 0.15) is 11.9 Å². The quantitative estimate of drug-likeness (QED) is 0.727. The Kier molecular flexibility index (Phi) is 3.43. The minimum absolute atomic E-state index is 0.457. The SMILES string of the molecule is Cc1ccc2nc(/C(C#N)=C\c3ccc(C#N)cc3)[nH]c2c1. The molecule has 0 aliphatic rings. The van der Waals surface area contributed by atoms with E-state index >= 15 is 0 Å². The summed E-state index contributed by atoms with van der Waals surface area (Å²) >= 11 is 0. The van der Waals surface area contributed by atoms with E-state index in [2.05, 4.69) is 22.1 Å². The van der Waals surface area contributed by atoms with Crippen molar-refractivity contribution in [1.82, 2.24) is 9.97 Å². The summed E-state index contributed by atoms with van der Waals surface area (Å²) in [6.07, 6.45) is 1.76. The van der Waals surface area contributed by atoms with Gasteiger partial charge >= 0.3 is 0 Å². The fourth-order valence-corrected chi connectivity index (χ4v) is 2.23. The van der Waals surface area contributed by atoms with Crippen molar-refractivity contribution >= 4 is 22.7 Å². The number of nitrogens with one attached hydrogen (secondary N) is 1. The topological polar surface area (TPSA) is 76.3 Å². The number of nitriles is 2. The number of nitrogens with zero attached hydrogens (tertiary/aromatic N) is 3. The average Bonchev–Trinajstić information content (AvgIpc) is 2.96. The van der Waals surface area contributed by atoms with Crippen LogP contribution in [0.1, 0.15) is 22.5 Å². The maximum atomic E-state index is 9.39. The molecule has 0 spiro atoms. The zero-order chi connectivity index (χ0) is 15.5. The van der Waals surface area contributed by atoms with E-state index < -0.39 is 0 Å². The summed E-state index contributed by atoms with van der Waals surface area (Å²) in [7, 11) is 0. The Hall–Kier alpha value is -3.37. The lowest BCUT2D eigenvalue weighted by atomic mass is 10.1. The van der Waals surface area contributed by atoms with Crippen molar-refractivity contribution in [3.63, 3.8) is 0 Å². The standard InChI is InChI=1S/C18H12N4/c1-12-2-7-16-17(8-12)22-18(21-16)15(11-20)9-13-3-5-14(10-19)6-4-13/h2-9H,1H3,(H,21,22)/b15-9-. The van der Waals surface area contributed by atoms with Crippen molar-refractivity contribution in [2.45, 2.75) is 6.92 Å². The number of fused-ring (bicyclic) bond motifs is 1. The predicted molar refractivity (Wildman–Crippen MR) is 85.5 cm³/mol. The number of H-pyrrole nitrogens is 1. The Bertz CT molecular complexity index is 947. The summed E-state index contributed by atoms with van der Waals surface area (Å²) in [4.78, 5) is 7.63. The van der Waals surface area contributed by atoms with E-state index in [0.717, 1.165) is 22.2 Å². The minimum atomic E-state index is 0.457. The second kappa shape index (κ2) is 5.55. The highest BCUT2D eigenvalue weighted by molar-refractivity contribution is 5.90. The highest BCUT2D eigenvalue weighted by Gasteiger charge is 2.08. The van der Waals surface area contributed by atoms with Gasteiger partial charge in [0.05, 0.1) is 28.2 Å². The molecule has 0 radical (unpaired) electrons. The van der Waals surface area contributed by atoms with Gasteiger partial charge in [-0.1, -0.05) is 18.2 Å². The number of rotatable bonds is 2. The monoisotopic (exact) mass is 284 g/mol. The number of benzene rings is 2. The van der Waals surface area contributed by atoms with Gasteiger partial charge < -0.3 is 4.98 Å². The Balaban J connectivity index is 2.03. The third-order valence-corrected chi connectivity index (χ3v) is 3.36. The summed E-state index contributed by atoms with van der Waals surface area (Å²) in [6.45, 7) is 2.01. The van der Waals surface area contributed by atoms with Crippen molar-refractivity contribution in [3.8, 4) is 12.1 Å². The van der Waals surface area contributed by atoms with E-state index in [1.54, 1.807) is 18.2 Å². The summed E-state index contributed by atoms with van der Waals surface area (Å²) in [5.41, 5.74) is 4.79. The number of allylic oxidation sites excluding steroid dienone is 1. The minimum Gasteiger partial charge on any atom is -0.337 e. The lowest BCUT2D eigenvalue weighted by Crippen LogP contribution is -1.85. The van der Waals surface area contributed by atoms with Gasteiger partial charge in [-0.2, -0.15) is 10.5 Å². The van der Waals surface area contributed by atoms with E-state index in [4.69, 9.17) is 5.26 Å². The molecule has 1 N–H and O–H groups in total. The molecular weight excluding hydrogens is 272 g/mol. The fraction of sp³-hybridized carbons (Fsp3) is 0.0556. The number of aromatic nitrogens is 2. The predicted octanol–water partition coefficient (Wildman–Crippen LogP) is 3.81. The molecule has 3 aromatic rings. The molecule has 0 amide bonds. The lowest BCUT2D eigenvalue weighted by molar-refractivity contribution is 1.27. The van der Waals surface area contributed by atoms with Gasteiger partial charge in [-0.05, 0) is 48.4 Å². The molecule has 0 bridgehead atoms. The van der Waals surface area contributed by atoms with Crippen LogP contribution < -0.4 is 0 Å². The van der Waals surface area contributed by atoms with Gasteiger partial charge in [0.25, 0.3) is 0 Å². The molecule has 0 aliphatic carbocycles. The molecule has 0 saturated carbocycles. The highest BCUT2D eigenvalue weighted by Crippen LogP contribution is 2.20. The number of hydrogen-bond donors (Lipinski definition) is 1. The van der Waals surface area contributed by atoms with Crippen molar-refractivity contribution in [1.29, 1.82) is 10.5 Å². The number of aromatic amines is 1. The van der Waals surface area contributed by atoms with Crippen LogP contribution in [0.25, 0.3) is 22.7 Å². The van der Waals surface area contributed by atoms with Crippen LogP contribution in [0.5, 0.6) is 0 Å². The van der Waals surface area contributed by atoms with Crippen LogP contribution in [0.2, 0.25) is 0 Å². The van der Waals surface area contributed by atoms with E-state index in [-0.39, 0.29) is 0 Å². The normalized spacial score (nSPS) is 11.1. The number of imidazole rings is 1. The highest BCUT2D eigenvalue weighted by atomic mass is 14.9. The Morgan fingerprint density at radius 1 is 1.14 bits per heavy atom. The van der Waals surface area contributed by atoms with Crippen molar-refractivity contribution < 1.29 is 0 Å². The molecule has 4 heteroatoms. The van der Waals surface area contributed by atoms with Crippen molar-refractivity contribution in [3.05, 3.63) is 65.0 Å². The molecule has 0 atom stereocenters. The molecule has 0 fully saturated rings. The third kappa shape index (κ3) is 2.59. The average molecular weight is 284 g/mol. The van der Waals surface area contributed by atoms with Gasteiger partial charge in [-0.25, -0.2) is 4.98 Å². The molecular formula is C18H12N4. The third-order valence-electron chi connectivity index (χ3n) is 3.36. The van der Waals surface area contributed by atoms with Crippen molar-refractivity contribution in [2.24, 2.45) is 0 Å². The molecule has 0 unspecified atom stereocenters. The van der Waals surface area contributed by atoms with Gasteiger partial charge in [-0.15, -0.1) is 0 Å². The first-order valence-electron chi connectivity index (χ1n) is 6.78. The Morgan fingerprint density at radius 3 is 2.59 bits per heavy atom. The van der Waals surface area contributed by atoms with Crippen LogP contribution in [0.3, 0.4) is 0 Å². The number of hydrogen-bond acceptors (Lipinski definition) is 3. The largest absolute Gasteiger partial charge is 0.337 e. The van der Waals surface area contributed by atoms with E-state index in [9.17, 15) is 5.26 Å². The molecule has 22 heavy (non-hydrogen) atoms. The smallest absolute Gasteiger partial charge is 0.149 e. The van der Waals surface area contributed by atoms with Gasteiger partial charge in [0.15, 0.2) is 0 Å². The lowest BCUT2D eigenvalue weighted by Gasteiger charge is -1.96. The van der Waals surface area contributed by atoms with Crippen LogP contribution in [0.4, 0.5) is 0 Å². The first-order chi connectivity index (χ1) is 10.7. The Labute approximate surface area is 128 Å². The van der Waals surface area contributed by atoms with Crippen LogP contribution in [-0.2, 0) is 0 Å². The summed E-state index contributed by atoms with van der Waals surface area (Å²) in [6, 6.07) is 17.2. The van der Waals surface area contributed by atoms with E-state index in [0.29, 0.717) is 17.0 Å². The van der Waals surface area contributed by atoms with Crippen LogP contribution >= 0.6 is 0 Å². The summed E-state index contributed by atoms with van der Waals surface area (Å²) in [5.74, 6) is 0.549. The molecule has 1 aromatic heterocycles. The molecule has 4 nitrogen and oxygen atoms in total. The van der Waals surface area contributed by atoms with Crippen molar-refractivity contribution in [2.75, 3.05) is 0 Å². The van der Waals surface area contributed by atoms with Gasteiger partial charge in [-0.3, -0.25) is 0 Å². The van der Waals surface area contributed by atoms with Crippen LogP contribution in [0.15, 0.2) is 42.5 Å². The zero-order valence-corrected chi connectivity index (χ0v) is 12.0. The molecule has 0 saturated heterocycles. The fourth-order valence-electron chi connectivity index (χ4n) is 2.23. The van der Waals surface area contributed by atoms with Crippen LogP contribution in [0, 0.1) is 29.6 Å². The zero-order valence-electron chi connectivity index (χ0n) is 12.0.